The average Bonchev–Trinajstić information content (AvgIpc) is 3.39. The fourth-order valence-electron chi connectivity index (χ4n) is 5.47. The number of aliphatic hydroxyl groups excluding tert-OH is 1. The summed E-state index contributed by atoms with van der Waals surface area (Å²) in [5.74, 6) is -0.934. The fraction of sp³-hybridized carbons (Fsp3) is 0.370. The minimum absolute atomic E-state index is 0.146. The van der Waals surface area contributed by atoms with Gasteiger partial charge >= 0.3 is 0 Å². The highest BCUT2D eigenvalue weighted by molar-refractivity contribution is 6.30. The van der Waals surface area contributed by atoms with Crippen LogP contribution in [0.4, 0.5) is 0 Å². The molecule has 0 saturated heterocycles. The van der Waals surface area contributed by atoms with E-state index in [1.54, 1.807) is 34.0 Å². The van der Waals surface area contributed by atoms with Crippen molar-refractivity contribution in [2.24, 2.45) is 0 Å². The number of amides is 2. The van der Waals surface area contributed by atoms with Gasteiger partial charge in [-0.15, -0.1) is 0 Å². The van der Waals surface area contributed by atoms with Crippen LogP contribution < -0.4 is 5.32 Å². The van der Waals surface area contributed by atoms with Crippen molar-refractivity contribution in [1.82, 2.24) is 20.0 Å². The molecule has 5 rings (SSSR count). The Morgan fingerprint density at radius 1 is 1.09 bits per heavy atom. The van der Waals surface area contributed by atoms with E-state index in [9.17, 15) is 14.7 Å². The van der Waals surface area contributed by atoms with E-state index in [0.29, 0.717) is 42.1 Å². The number of hydrogen-bond donors (Lipinski definition) is 2. The predicted molar refractivity (Wildman–Crippen MR) is 133 cm³/mol. The quantitative estimate of drug-likeness (QED) is 0.545. The van der Waals surface area contributed by atoms with E-state index in [1.807, 2.05) is 42.6 Å². The lowest BCUT2D eigenvalue weighted by Gasteiger charge is -2.48. The number of carbonyl (C=O) groups is 2. The number of nitrogens with one attached hydrogen (secondary N) is 1. The first kappa shape index (κ1) is 23.6. The number of nitrogens with zero attached hydrogens (tertiary/aromatic N) is 3. The highest BCUT2D eigenvalue weighted by atomic mass is 35.5. The lowest BCUT2D eigenvalue weighted by Crippen LogP contribution is -2.55. The molecule has 35 heavy (non-hydrogen) atoms. The summed E-state index contributed by atoms with van der Waals surface area (Å²) >= 11 is 6.18. The second kappa shape index (κ2) is 10.2. The third kappa shape index (κ3) is 4.70. The fourth-order valence-corrected chi connectivity index (χ4v) is 5.59. The van der Waals surface area contributed by atoms with Gasteiger partial charge in [-0.2, -0.15) is 5.10 Å². The van der Waals surface area contributed by atoms with Crippen molar-refractivity contribution in [3.05, 3.63) is 88.7 Å². The maximum atomic E-state index is 13.9. The number of benzene rings is 2. The van der Waals surface area contributed by atoms with E-state index in [4.69, 9.17) is 11.6 Å². The second-order valence-electron chi connectivity index (χ2n) is 9.25. The Kier molecular flexibility index (Phi) is 6.88. The number of aromatic nitrogens is 2. The molecule has 7 nitrogen and oxygen atoms in total. The Morgan fingerprint density at radius 2 is 1.86 bits per heavy atom. The highest BCUT2D eigenvalue weighted by Gasteiger charge is 2.48. The maximum absolute atomic E-state index is 13.9. The molecule has 1 fully saturated rings. The molecular weight excluding hydrogens is 464 g/mol. The smallest absolute Gasteiger partial charge is 0.255 e. The van der Waals surface area contributed by atoms with Crippen molar-refractivity contribution >= 4 is 23.4 Å². The Morgan fingerprint density at radius 3 is 2.60 bits per heavy atom. The Bertz CT molecular complexity index is 1180. The number of halogens is 1. The van der Waals surface area contributed by atoms with E-state index < -0.39 is 18.1 Å². The van der Waals surface area contributed by atoms with Gasteiger partial charge in [-0.3, -0.25) is 14.3 Å². The van der Waals surface area contributed by atoms with Gasteiger partial charge in [-0.25, -0.2) is 0 Å². The molecule has 4 atom stereocenters. The van der Waals surface area contributed by atoms with Crippen LogP contribution in [0.15, 0.2) is 67.0 Å². The Balaban J connectivity index is 1.56. The molecule has 1 saturated carbocycles. The third-order valence-electron chi connectivity index (χ3n) is 7.12. The molecule has 2 amide bonds. The van der Waals surface area contributed by atoms with Crippen molar-refractivity contribution in [2.45, 2.75) is 56.3 Å². The van der Waals surface area contributed by atoms with E-state index >= 15 is 0 Å². The van der Waals surface area contributed by atoms with Gasteiger partial charge in [0.2, 0.25) is 5.91 Å². The van der Waals surface area contributed by atoms with Crippen LogP contribution in [0.2, 0.25) is 5.02 Å². The van der Waals surface area contributed by atoms with Crippen LogP contribution in [0, 0.1) is 0 Å². The van der Waals surface area contributed by atoms with Gasteiger partial charge in [-0.1, -0.05) is 54.8 Å². The Labute approximate surface area is 209 Å². The molecule has 1 aliphatic heterocycles. The number of rotatable bonds is 6. The van der Waals surface area contributed by atoms with Gasteiger partial charge in [-0.05, 0) is 48.2 Å². The summed E-state index contributed by atoms with van der Waals surface area (Å²) in [6, 6.07) is 15.6. The highest BCUT2D eigenvalue weighted by Crippen LogP contribution is 2.46. The summed E-state index contributed by atoms with van der Waals surface area (Å²) in [7, 11) is 0. The molecule has 2 aromatic carbocycles. The lowest BCUT2D eigenvalue weighted by atomic mass is 9.76. The molecule has 2 N–H and O–H groups in total. The van der Waals surface area contributed by atoms with Crippen LogP contribution in [0.5, 0.6) is 0 Å². The molecule has 8 heteroatoms. The molecule has 1 aromatic heterocycles. The first-order valence-corrected chi connectivity index (χ1v) is 12.5. The summed E-state index contributed by atoms with van der Waals surface area (Å²) in [5.41, 5.74) is 2.04. The van der Waals surface area contributed by atoms with Crippen LogP contribution in [-0.4, -0.2) is 50.3 Å². The summed E-state index contributed by atoms with van der Waals surface area (Å²) in [6.45, 7) is 0.954. The zero-order valence-electron chi connectivity index (χ0n) is 19.4. The first-order valence-electron chi connectivity index (χ1n) is 12.1. The average molecular weight is 493 g/mol. The number of hydrogen-bond acceptors (Lipinski definition) is 4. The minimum Gasteiger partial charge on any atom is -0.391 e. The standard InChI is InChI=1S/C27H29ClN4O3/c28-19-12-10-18(11-13-19)25-24(26(34)29-15-17-31-16-5-14-30-31)20-6-1-2-7-21(20)27(35)32(25)22-8-3-4-9-23(22)33/h1-2,5-7,10-14,16,22-25,33H,3-4,8-9,15,17H2,(H,29,34)/t22-,23-,24+,25-/m0/s1. The maximum Gasteiger partial charge on any atom is 0.255 e. The molecule has 0 unspecified atom stereocenters. The molecule has 182 valence electrons. The second-order valence-corrected chi connectivity index (χ2v) is 9.69. The third-order valence-corrected chi connectivity index (χ3v) is 7.37. The van der Waals surface area contributed by atoms with Crippen LogP contribution in [0.25, 0.3) is 0 Å². The van der Waals surface area contributed by atoms with Crippen LogP contribution >= 0.6 is 11.6 Å². The topological polar surface area (TPSA) is 87.5 Å². The van der Waals surface area contributed by atoms with Crippen LogP contribution in [0.3, 0.4) is 0 Å². The number of carbonyl (C=O) groups excluding carboxylic acids is 2. The molecule has 0 bridgehead atoms. The van der Waals surface area contributed by atoms with Crippen LogP contribution in [0.1, 0.15) is 59.1 Å². The van der Waals surface area contributed by atoms with Gasteiger partial charge < -0.3 is 15.3 Å². The van der Waals surface area contributed by atoms with Crippen LogP contribution in [-0.2, 0) is 11.3 Å². The molecule has 0 radical (unpaired) electrons. The van der Waals surface area contributed by atoms with Crippen molar-refractivity contribution in [2.75, 3.05) is 6.54 Å². The summed E-state index contributed by atoms with van der Waals surface area (Å²) in [5, 5.41) is 18.8. The van der Waals surface area contributed by atoms with Crippen molar-refractivity contribution in [3.8, 4) is 0 Å². The van der Waals surface area contributed by atoms with Gasteiger partial charge in [0, 0.05) is 29.5 Å². The molecule has 1 aliphatic carbocycles. The lowest BCUT2D eigenvalue weighted by molar-refractivity contribution is -0.125. The van der Waals surface area contributed by atoms with E-state index in [-0.39, 0.29) is 17.9 Å². The summed E-state index contributed by atoms with van der Waals surface area (Å²) < 4.78 is 1.76. The monoisotopic (exact) mass is 492 g/mol. The molecule has 2 aliphatic rings. The molecule has 0 spiro atoms. The molecular formula is C27H29ClN4O3. The minimum atomic E-state index is -0.628. The van der Waals surface area contributed by atoms with Crippen molar-refractivity contribution in [1.29, 1.82) is 0 Å². The number of fused-ring (bicyclic) bond motifs is 1. The van der Waals surface area contributed by atoms with E-state index in [1.165, 1.54) is 0 Å². The SMILES string of the molecule is O=C(NCCn1cccn1)[C@@H]1c2ccccc2C(=O)N([C@H]2CCCC[C@@H]2O)[C@H]1c1ccc(Cl)cc1. The largest absolute Gasteiger partial charge is 0.391 e. The first-order chi connectivity index (χ1) is 17.0. The molecule has 3 aromatic rings. The van der Waals surface area contributed by atoms with Gasteiger partial charge in [0.1, 0.15) is 0 Å². The zero-order valence-corrected chi connectivity index (χ0v) is 20.1. The van der Waals surface area contributed by atoms with Gasteiger partial charge in [0.25, 0.3) is 5.91 Å². The number of aliphatic hydroxyl groups is 1. The van der Waals surface area contributed by atoms with Gasteiger partial charge in [0.05, 0.1) is 30.7 Å². The summed E-state index contributed by atoms with van der Waals surface area (Å²) in [4.78, 5) is 29.5. The van der Waals surface area contributed by atoms with E-state index in [0.717, 1.165) is 18.4 Å². The summed E-state index contributed by atoms with van der Waals surface area (Å²) in [6.07, 6.45) is 6.13. The van der Waals surface area contributed by atoms with Gasteiger partial charge in [0.15, 0.2) is 0 Å². The normalized spacial score (nSPS) is 24.2. The predicted octanol–water partition coefficient (Wildman–Crippen LogP) is 3.94. The van der Waals surface area contributed by atoms with Crippen molar-refractivity contribution in [3.63, 3.8) is 0 Å². The molecule has 2 heterocycles. The Hall–Kier alpha value is -3.16. The van der Waals surface area contributed by atoms with Crippen molar-refractivity contribution < 1.29 is 14.7 Å². The van der Waals surface area contributed by atoms with E-state index in [2.05, 4.69) is 10.4 Å². The zero-order chi connectivity index (χ0) is 24.4.